The number of ketones is 1. The third-order valence-corrected chi connectivity index (χ3v) is 6.19. The topological polar surface area (TPSA) is 105 Å². The van der Waals surface area contributed by atoms with Gasteiger partial charge in [0.25, 0.3) is 5.78 Å². The first-order valence-electron chi connectivity index (χ1n) is 10.7. The number of carbonyl (C=O) groups is 2. The van der Waals surface area contributed by atoms with Crippen LogP contribution < -0.4 is 14.4 Å². The van der Waals surface area contributed by atoms with E-state index in [9.17, 15) is 14.7 Å². The summed E-state index contributed by atoms with van der Waals surface area (Å²) in [5.74, 6) is -1.34. The number of ether oxygens (including phenoxy) is 2. The molecule has 1 saturated heterocycles. The van der Waals surface area contributed by atoms with Gasteiger partial charge in [-0.05, 0) is 23.8 Å². The number of hydrogen-bond donors (Lipinski definition) is 2. The monoisotopic (exact) mass is 489 g/mol. The van der Waals surface area contributed by atoms with Crippen LogP contribution in [0.25, 0.3) is 16.8 Å². The van der Waals surface area contributed by atoms with Crippen molar-refractivity contribution in [2.45, 2.75) is 6.04 Å². The van der Waals surface area contributed by atoms with Gasteiger partial charge in [0, 0.05) is 6.07 Å². The lowest BCUT2D eigenvalue weighted by molar-refractivity contribution is -0.132. The fourth-order valence-corrected chi connectivity index (χ4v) is 4.49. The van der Waals surface area contributed by atoms with E-state index in [2.05, 4.69) is 9.97 Å². The Hall–Kier alpha value is -4.30. The molecule has 176 valence electrons. The van der Waals surface area contributed by atoms with E-state index in [-0.39, 0.29) is 27.9 Å². The number of hydrogen-bond acceptors (Lipinski definition) is 6. The molecule has 9 heteroatoms. The molecule has 0 radical (unpaired) electrons. The first-order valence-corrected chi connectivity index (χ1v) is 11.0. The van der Waals surface area contributed by atoms with E-state index in [1.807, 2.05) is 24.3 Å². The van der Waals surface area contributed by atoms with Gasteiger partial charge in [-0.2, -0.15) is 0 Å². The van der Waals surface area contributed by atoms with Crippen molar-refractivity contribution >= 4 is 46.0 Å². The number of Topliss-reactive ketones (excluding diaryl/α,β-unsaturated/α-hetero) is 1. The molecule has 35 heavy (non-hydrogen) atoms. The molecule has 1 aromatic heterocycles. The molecule has 0 saturated carbocycles. The van der Waals surface area contributed by atoms with Crippen LogP contribution in [0.15, 0.2) is 72.3 Å². The maximum atomic E-state index is 13.4. The number of rotatable bonds is 5. The smallest absolute Gasteiger partial charge is 0.302 e. The Balaban J connectivity index is 1.75. The average Bonchev–Trinajstić information content (AvgIpc) is 3.42. The van der Waals surface area contributed by atoms with Gasteiger partial charge < -0.3 is 19.6 Å². The zero-order chi connectivity index (χ0) is 24.7. The number of nitrogens with one attached hydrogen (secondary N) is 1. The van der Waals surface area contributed by atoms with Crippen molar-refractivity contribution in [1.82, 2.24) is 9.97 Å². The number of methoxy groups -OCH3 is 2. The summed E-state index contributed by atoms with van der Waals surface area (Å²) in [6, 6.07) is 18.2. The van der Waals surface area contributed by atoms with Crippen LogP contribution in [-0.4, -0.2) is 41.0 Å². The van der Waals surface area contributed by atoms with Gasteiger partial charge >= 0.3 is 5.91 Å². The standard InChI is InChI=1S/C26H20ClN3O5/c1-34-19-13-20(35-2)16(27)12-15(19)23(31)21-22(14-8-4-3-5-9-14)30(25(33)24(21)32)26-28-17-10-6-7-11-18(17)29-26/h3-13,22,31H,1-2H3,(H,28,29)/b23-21+. The zero-order valence-electron chi connectivity index (χ0n) is 18.8. The molecule has 8 nitrogen and oxygen atoms in total. The van der Waals surface area contributed by atoms with Crippen LogP contribution in [0.5, 0.6) is 11.5 Å². The van der Waals surface area contributed by atoms with Crippen molar-refractivity contribution in [2.24, 2.45) is 0 Å². The van der Waals surface area contributed by atoms with Gasteiger partial charge in [0.05, 0.1) is 47.5 Å². The molecule has 5 rings (SSSR count). The van der Waals surface area contributed by atoms with E-state index in [1.165, 1.54) is 31.3 Å². The summed E-state index contributed by atoms with van der Waals surface area (Å²) in [5.41, 5.74) is 2.01. The molecule has 1 atom stereocenters. The number of halogens is 1. The van der Waals surface area contributed by atoms with E-state index >= 15 is 0 Å². The predicted octanol–water partition coefficient (Wildman–Crippen LogP) is 4.86. The summed E-state index contributed by atoms with van der Waals surface area (Å²) >= 11 is 6.31. The molecular weight excluding hydrogens is 470 g/mol. The fourth-order valence-electron chi connectivity index (χ4n) is 4.25. The van der Waals surface area contributed by atoms with Gasteiger partial charge in [-0.25, -0.2) is 4.98 Å². The molecular formula is C26H20ClN3O5. The Morgan fingerprint density at radius 2 is 1.69 bits per heavy atom. The Morgan fingerprint density at radius 1 is 1.00 bits per heavy atom. The quantitative estimate of drug-likeness (QED) is 0.236. The lowest BCUT2D eigenvalue weighted by atomic mass is 9.95. The molecule has 1 aliphatic heterocycles. The summed E-state index contributed by atoms with van der Waals surface area (Å²) in [4.78, 5) is 35.6. The highest BCUT2D eigenvalue weighted by Gasteiger charge is 2.48. The Labute approximate surface area is 205 Å². The Kier molecular flexibility index (Phi) is 5.66. The second-order valence-electron chi connectivity index (χ2n) is 7.84. The Morgan fingerprint density at radius 3 is 2.37 bits per heavy atom. The first-order chi connectivity index (χ1) is 16.9. The average molecular weight is 490 g/mol. The number of aromatic amines is 1. The number of imidazole rings is 1. The van der Waals surface area contributed by atoms with Gasteiger partial charge in [-0.3, -0.25) is 14.5 Å². The van der Waals surface area contributed by atoms with Crippen molar-refractivity contribution in [2.75, 3.05) is 19.1 Å². The number of aliphatic hydroxyl groups is 1. The summed E-state index contributed by atoms with van der Waals surface area (Å²) in [5, 5.41) is 11.6. The fraction of sp³-hybridized carbons (Fsp3) is 0.115. The van der Waals surface area contributed by atoms with Gasteiger partial charge in [-0.1, -0.05) is 54.1 Å². The van der Waals surface area contributed by atoms with Gasteiger partial charge in [0.1, 0.15) is 17.3 Å². The van der Waals surface area contributed by atoms with Crippen molar-refractivity contribution in [3.63, 3.8) is 0 Å². The van der Waals surface area contributed by atoms with E-state index in [0.29, 0.717) is 22.3 Å². The van der Waals surface area contributed by atoms with Crippen LogP contribution in [0, 0.1) is 0 Å². The van der Waals surface area contributed by atoms with Crippen molar-refractivity contribution in [1.29, 1.82) is 0 Å². The number of carbonyl (C=O) groups excluding carboxylic acids is 2. The number of H-pyrrole nitrogens is 1. The molecule has 0 spiro atoms. The number of aromatic nitrogens is 2. The highest BCUT2D eigenvalue weighted by Crippen LogP contribution is 2.44. The number of nitrogens with zero attached hydrogens (tertiary/aromatic N) is 2. The molecule has 3 aromatic carbocycles. The van der Waals surface area contributed by atoms with Crippen LogP contribution >= 0.6 is 11.6 Å². The second-order valence-corrected chi connectivity index (χ2v) is 8.25. The number of amides is 1. The third kappa shape index (κ3) is 3.68. The minimum atomic E-state index is -0.942. The SMILES string of the molecule is COc1cc(OC)c(/C(O)=C2\C(=O)C(=O)N(c3nc4ccccc4[nH]3)C2c2ccccc2)cc1Cl. The van der Waals surface area contributed by atoms with Crippen LogP contribution in [0.2, 0.25) is 5.02 Å². The third-order valence-electron chi connectivity index (χ3n) is 5.89. The molecule has 0 bridgehead atoms. The van der Waals surface area contributed by atoms with Crippen molar-refractivity contribution in [3.8, 4) is 11.5 Å². The number of aliphatic hydroxyl groups excluding tert-OH is 1. The highest BCUT2D eigenvalue weighted by molar-refractivity contribution is 6.51. The summed E-state index contributed by atoms with van der Waals surface area (Å²) in [6.45, 7) is 0. The van der Waals surface area contributed by atoms with Gasteiger partial charge in [-0.15, -0.1) is 0 Å². The van der Waals surface area contributed by atoms with Crippen LogP contribution in [-0.2, 0) is 9.59 Å². The van der Waals surface area contributed by atoms with E-state index < -0.39 is 23.5 Å². The van der Waals surface area contributed by atoms with E-state index in [0.717, 1.165) is 0 Å². The minimum absolute atomic E-state index is 0.110. The number of fused-ring (bicyclic) bond motifs is 1. The molecule has 2 N–H and O–H groups in total. The van der Waals surface area contributed by atoms with E-state index in [4.69, 9.17) is 21.1 Å². The van der Waals surface area contributed by atoms with Crippen molar-refractivity contribution < 1.29 is 24.2 Å². The molecule has 1 amide bonds. The van der Waals surface area contributed by atoms with Crippen LogP contribution in [0.3, 0.4) is 0 Å². The van der Waals surface area contributed by atoms with Gasteiger partial charge in [0.2, 0.25) is 5.95 Å². The summed E-state index contributed by atoms with van der Waals surface area (Å²) in [6.07, 6.45) is 0. The molecule has 4 aromatic rings. The molecule has 1 aliphatic rings. The van der Waals surface area contributed by atoms with Crippen LogP contribution in [0.1, 0.15) is 17.2 Å². The Bertz CT molecular complexity index is 1460. The maximum absolute atomic E-state index is 13.4. The van der Waals surface area contributed by atoms with Gasteiger partial charge in [0.15, 0.2) is 0 Å². The predicted molar refractivity (Wildman–Crippen MR) is 132 cm³/mol. The first kappa shape index (κ1) is 22.5. The largest absolute Gasteiger partial charge is 0.507 e. The number of para-hydroxylation sites is 2. The molecule has 1 fully saturated rings. The second kappa shape index (κ2) is 8.81. The molecule has 1 unspecified atom stereocenters. The number of benzene rings is 3. The number of anilines is 1. The maximum Gasteiger partial charge on any atom is 0.302 e. The minimum Gasteiger partial charge on any atom is -0.507 e. The lowest BCUT2D eigenvalue weighted by Crippen LogP contribution is -2.30. The highest BCUT2D eigenvalue weighted by atomic mass is 35.5. The molecule has 2 heterocycles. The zero-order valence-corrected chi connectivity index (χ0v) is 19.5. The van der Waals surface area contributed by atoms with Crippen molar-refractivity contribution in [3.05, 3.63) is 88.5 Å². The van der Waals surface area contributed by atoms with Crippen LogP contribution in [0.4, 0.5) is 5.95 Å². The summed E-state index contributed by atoms with van der Waals surface area (Å²) < 4.78 is 10.6. The van der Waals surface area contributed by atoms with E-state index in [1.54, 1.807) is 30.3 Å². The normalized spacial score (nSPS) is 17.2. The summed E-state index contributed by atoms with van der Waals surface area (Å²) in [7, 11) is 2.87. The molecule has 0 aliphatic carbocycles. The lowest BCUT2D eigenvalue weighted by Gasteiger charge is -2.23.